The Labute approximate surface area is 136 Å². The van der Waals surface area contributed by atoms with Crippen LogP contribution in [0.4, 0.5) is 0 Å². The smallest absolute Gasteiger partial charge is 0.306 e. The second-order valence-electron chi connectivity index (χ2n) is 7.39. The van der Waals surface area contributed by atoms with Gasteiger partial charge in [-0.3, -0.25) is 19.3 Å². The summed E-state index contributed by atoms with van der Waals surface area (Å²) in [4.78, 5) is 38.2. The summed E-state index contributed by atoms with van der Waals surface area (Å²) < 4.78 is 5.28. The first-order valence-electron chi connectivity index (χ1n) is 7.73. The van der Waals surface area contributed by atoms with Crippen LogP contribution in [0.2, 0.25) is 0 Å². The molecule has 0 saturated heterocycles. The molecule has 0 radical (unpaired) electrons. The number of carbonyl (C=O) groups is 3. The monoisotopic (exact) mass is 317 g/mol. The Hall–Kier alpha value is -2.17. The van der Waals surface area contributed by atoms with Crippen molar-refractivity contribution >= 4 is 17.8 Å². The van der Waals surface area contributed by atoms with Gasteiger partial charge in [0, 0.05) is 12.0 Å². The van der Waals surface area contributed by atoms with Crippen molar-refractivity contribution in [1.82, 2.24) is 4.90 Å². The topological polar surface area (TPSA) is 63.7 Å². The molecule has 0 atom stereocenters. The largest absolute Gasteiger partial charge is 0.460 e. The third-order valence-corrected chi connectivity index (χ3v) is 3.76. The minimum absolute atomic E-state index is 0.150. The second-order valence-corrected chi connectivity index (χ2v) is 7.39. The first-order valence-corrected chi connectivity index (χ1v) is 7.73. The lowest BCUT2D eigenvalue weighted by atomic mass is 9.96. The van der Waals surface area contributed by atoms with Gasteiger partial charge in [0.05, 0.1) is 11.1 Å². The van der Waals surface area contributed by atoms with Gasteiger partial charge in [0.25, 0.3) is 11.8 Å². The van der Waals surface area contributed by atoms with Gasteiger partial charge in [-0.1, -0.05) is 12.1 Å². The summed E-state index contributed by atoms with van der Waals surface area (Å²) in [5.41, 5.74) is -0.466. The molecule has 0 fully saturated rings. The number of amides is 2. The molecule has 0 aromatic heterocycles. The predicted octanol–water partition coefficient (Wildman–Crippen LogP) is 3.18. The molecule has 5 nitrogen and oxygen atoms in total. The number of hydrogen-bond donors (Lipinski definition) is 0. The van der Waals surface area contributed by atoms with Crippen LogP contribution < -0.4 is 0 Å². The molecule has 2 amide bonds. The molecule has 0 saturated carbocycles. The number of rotatable bonds is 4. The van der Waals surface area contributed by atoms with Crippen LogP contribution in [0, 0.1) is 0 Å². The first kappa shape index (κ1) is 17.2. The van der Waals surface area contributed by atoms with E-state index in [2.05, 4.69) is 0 Å². The number of hydrogen-bond acceptors (Lipinski definition) is 4. The maximum atomic E-state index is 12.5. The van der Waals surface area contributed by atoms with Gasteiger partial charge in [-0.25, -0.2) is 0 Å². The summed E-state index contributed by atoms with van der Waals surface area (Å²) >= 11 is 0. The first-order chi connectivity index (χ1) is 10.5. The summed E-state index contributed by atoms with van der Waals surface area (Å²) in [6.07, 6.45) is 0.505. The number of fused-ring (bicyclic) bond motifs is 1. The third-order valence-electron chi connectivity index (χ3n) is 3.76. The quantitative estimate of drug-likeness (QED) is 0.632. The molecule has 0 unspecified atom stereocenters. The molecule has 1 aliphatic rings. The van der Waals surface area contributed by atoms with E-state index in [4.69, 9.17) is 4.74 Å². The summed E-state index contributed by atoms with van der Waals surface area (Å²) in [5, 5.41) is 0. The zero-order chi connectivity index (χ0) is 17.4. The van der Waals surface area contributed by atoms with Crippen molar-refractivity contribution in [3.05, 3.63) is 35.4 Å². The van der Waals surface area contributed by atoms with Crippen molar-refractivity contribution in [2.24, 2.45) is 0 Å². The van der Waals surface area contributed by atoms with Crippen LogP contribution >= 0.6 is 0 Å². The highest BCUT2D eigenvalue weighted by molar-refractivity contribution is 6.21. The highest BCUT2D eigenvalue weighted by atomic mass is 16.6. The Balaban J connectivity index is 2.11. The van der Waals surface area contributed by atoms with E-state index >= 15 is 0 Å². The van der Waals surface area contributed by atoms with Crippen LogP contribution in [0.1, 0.15) is 68.2 Å². The highest BCUT2D eigenvalue weighted by Gasteiger charge is 2.43. The van der Waals surface area contributed by atoms with Crippen LogP contribution in [-0.2, 0) is 9.53 Å². The van der Waals surface area contributed by atoms with Gasteiger partial charge < -0.3 is 4.74 Å². The minimum atomic E-state index is -0.760. The lowest BCUT2D eigenvalue weighted by Gasteiger charge is -2.34. The van der Waals surface area contributed by atoms with E-state index in [1.54, 1.807) is 58.9 Å². The Morgan fingerprint density at radius 2 is 1.48 bits per heavy atom. The average Bonchev–Trinajstić information content (AvgIpc) is 2.68. The van der Waals surface area contributed by atoms with Gasteiger partial charge in [-0.05, 0) is 53.2 Å². The summed E-state index contributed by atoms with van der Waals surface area (Å²) in [5.74, 6) is -0.943. The molecule has 124 valence electrons. The molecule has 0 spiro atoms. The van der Waals surface area contributed by atoms with E-state index in [-0.39, 0.29) is 24.2 Å². The van der Waals surface area contributed by atoms with Crippen LogP contribution in [0.15, 0.2) is 24.3 Å². The highest BCUT2D eigenvalue weighted by Crippen LogP contribution is 2.32. The normalized spacial score (nSPS) is 14.9. The molecular weight excluding hydrogens is 294 g/mol. The van der Waals surface area contributed by atoms with E-state index in [0.717, 1.165) is 0 Å². The van der Waals surface area contributed by atoms with Crippen LogP contribution in [0.3, 0.4) is 0 Å². The van der Waals surface area contributed by atoms with E-state index in [9.17, 15) is 14.4 Å². The van der Waals surface area contributed by atoms with E-state index in [1.807, 2.05) is 0 Å². The lowest BCUT2D eigenvalue weighted by molar-refractivity contribution is -0.155. The molecule has 1 aromatic carbocycles. The summed E-state index contributed by atoms with van der Waals surface area (Å²) in [7, 11) is 0. The molecule has 0 bridgehead atoms. The summed E-state index contributed by atoms with van der Waals surface area (Å²) in [6.45, 7) is 9.00. The SMILES string of the molecule is CC(C)(C)OC(=O)CCC(C)(C)N1C(=O)c2ccccc2C1=O. The fourth-order valence-electron chi connectivity index (χ4n) is 2.65. The van der Waals surface area contributed by atoms with Crippen LogP contribution in [0.5, 0.6) is 0 Å². The zero-order valence-electron chi connectivity index (χ0n) is 14.3. The molecule has 0 N–H and O–H groups in total. The summed E-state index contributed by atoms with van der Waals surface area (Å²) in [6, 6.07) is 6.78. The number of ether oxygens (including phenoxy) is 1. The van der Waals surface area contributed by atoms with Gasteiger partial charge >= 0.3 is 5.97 Å². The van der Waals surface area contributed by atoms with Crippen molar-refractivity contribution in [3.8, 4) is 0 Å². The molecule has 1 heterocycles. The Morgan fingerprint density at radius 1 is 1.00 bits per heavy atom. The fourth-order valence-corrected chi connectivity index (χ4v) is 2.65. The van der Waals surface area contributed by atoms with Gasteiger partial charge in [-0.2, -0.15) is 0 Å². The second kappa shape index (κ2) is 5.80. The van der Waals surface area contributed by atoms with Gasteiger partial charge in [0.2, 0.25) is 0 Å². The van der Waals surface area contributed by atoms with Crippen molar-refractivity contribution in [2.75, 3.05) is 0 Å². The molecule has 0 aliphatic carbocycles. The van der Waals surface area contributed by atoms with Gasteiger partial charge in [0.1, 0.15) is 5.60 Å². The van der Waals surface area contributed by atoms with Crippen molar-refractivity contribution in [1.29, 1.82) is 0 Å². The molecule has 5 heteroatoms. The zero-order valence-corrected chi connectivity index (χ0v) is 14.3. The number of imide groups is 1. The van der Waals surface area contributed by atoms with Crippen LogP contribution in [-0.4, -0.2) is 33.8 Å². The van der Waals surface area contributed by atoms with Gasteiger partial charge in [0.15, 0.2) is 0 Å². The maximum Gasteiger partial charge on any atom is 0.306 e. The fraction of sp³-hybridized carbons (Fsp3) is 0.500. The molecular formula is C18H23NO4. The Bertz CT molecular complexity index is 620. The average molecular weight is 317 g/mol. The number of benzene rings is 1. The standard InChI is InChI=1S/C18H23NO4/c1-17(2,3)23-14(20)10-11-18(4,5)19-15(21)12-8-6-7-9-13(12)16(19)22/h6-9H,10-11H2,1-5H3. The molecule has 1 aliphatic heterocycles. The van der Waals surface area contributed by atoms with Crippen molar-refractivity contribution in [2.45, 2.75) is 58.6 Å². The van der Waals surface area contributed by atoms with E-state index in [1.165, 1.54) is 4.90 Å². The minimum Gasteiger partial charge on any atom is -0.460 e. The predicted molar refractivity (Wildman–Crippen MR) is 86.1 cm³/mol. The molecule has 2 rings (SSSR count). The maximum absolute atomic E-state index is 12.5. The third kappa shape index (κ3) is 3.60. The Morgan fingerprint density at radius 3 is 1.91 bits per heavy atom. The van der Waals surface area contributed by atoms with E-state index < -0.39 is 11.1 Å². The van der Waals surface area contributed by atoms with Crippen molar-refractivity contribution < 1.29 is 19.1 Å². The number of nitrogens with zero attached hydrogens (tertiary/aromatic N) is 1. The van der Waals surface area contributed by atoms with E-state index in [0.29, 0.717) is 17.5 Å². The number of carbonyl (C=O) groups excluding carboxylic acids is 3. The van der Waals surface area contributed by atoms with Crippen LogP contribution in [0.25, 0.3) is 0 Å². The molecule has 1 aromatic rings. The molecule has 23 heavy (non-hydrogen) atoms. The van der Waals surface area contributed by atoms with Crippen molar-refractivity contribution in [3.63, 3.8) is 0 Å². The lowest BCUT2D eigenvalue weighted by Crippen LogP contribution is -2.47. The Kier molecular flexibility index (Phi) is 4.33. The van der Waals surface area contributed by atoms with Gasteiger partial charge in [-0.15, -0.1) is 0 Å². The number of esters is 1.